The van der Waals surface area contributed by atoms with E-state index < -0.39 is 0 Å². The molecule has 1 aliphatic heterocycles. The Morgan fingerprint density at radius 1 is 1.32 bits per heavy atom. The maximum Gasteiger partial charge on any atom is 0.223 e. The highest BCUT2D eigenvalue weighted by molar-refractivity contribution is 5.78. The Bertz CT molecular complexity index is 500. The van der Waals surface area contributed by atoms with Crippen LogP contribution in [0.25, 0.3) is 0 Å². The summed E-state index contributed by atoms with van der Waals surface area (Å²) in [6.45, 7) is 4.24. The highest BCUT2D eigenvalue weighted by Gasteiger charge is 2.23. The lowest BCUT2D eigenvalue weighted by molar-refractivity contribution is -0.127. The number of imidazole rings is 1. The molecule has 22 heavy (non-hydrogen) atoms. The Morgan fingerprint density at radius 2 is 2.05 bits per heavy atom. The molecule has 1 amide bonds. The first-order valence-corrected chi connectivity index (χ1v) is 8.64. The monoisotopic (exact) mass is 305 g/mol. The van der Waals surface area contributed by atoms with Crippen LogP contribution in [0.3, 0.4) is 0 Å². The summed E-state index contributed by atoms with van der Waals surface area (Å²) in [5, 5.41) is 3.08. The molecule has 0 spiro atoms. The fraction of sp³-hybridized carbons (Fsp3) is 0.765. The van der Waals surface area contributed by atoms with Crippen molar-refractivity contribution in [1.29, 1.82) is 0 Å². The molecule has 0 bridgehead atoms. The maximum absolute atomic E-state index is 12.1. The number of carbonyl (C=O) groups is 1. The molecule has 1 saturated carbocycles. The van der Waals surface area contributed by atoms with Gasteiger partial charge in [-0.05, 0) is 32.6 Å². The van der Waals surface area contributed by atoms with E-state index >= 15 is 0 Å². The van der Waals surface area contributed by atoms with Crippen molar-refractivity contribution in [1.82, 2.24) is 14.9 Å². The molecule has 2 aliphatic rings. The second-order valence-corrected chi connectivity index (χ2v) is 6.55. The summed E-state index contributed by atoms with van der Waals surface area (Å²) < 4.78 is 7.70. The van der Waals surface area contributed by atoms with Crippen LogP contribution >= 0.6 is 0 Å². The smallest absolute Gasteiger partial charge is 0.223 e. The number of aromatic nitrogens is 2. The second kappa shape index (κ2) is 7.27. The van der Waals surface area contributed by atoms with Crippen molar-refractivity contribution in [3.8, 4) is 0 Å². The molecule has 1 aromatic rings. The zero-order chi connectivity index (χ0) is 15.4. The van der Waals surface area contributed by atoms with Crippen LogP contribution in [0.1, 0.15) is 56.1 Å². The average Bonchev–Trinajstić information content (AvgIpc) is 3.18. The van der Waals surface area contributed by atoms with Crippen molar-refractivity contribution in [3.05, 3.63) is 17.7 Å². The summed E-state index contributed by atoms with van der Waals surface area (Å²) in [4.78, 5) is 16.7. The van der Waals surface area contributed by atoms with Gasteiger partial charge < -0.3 is 14.6 Å². The SMILES string of the molecule is Cc1cnc(CCNC(=O)C2CCOCC2)n1C1CCCC1. The van der Waals surface area contributed by atoms with Gasteiger partial charge in [0.2, 0.25) is 5.91 Å². The van der Waals surface area contributed by atoms with Gasteiger partial charge in [0, 0.05) is 50.0 Å². The molecule has 3 rings (SSSR count). The van der Waals surface area contributed by atoms with Crippen molar-refractivity contribution in [3.63, 3.8) is 0 Å². The van der Waals surface area contributed by atoms with Crippen LogP contribution in [0.4, 0.5) is 0 Å². The number of amides is 1. The van der Waals surface area contributed by atoms with E-state index in [0.717, 1.165) is 25.1 Å². The molecule has 1 N–H and O–H groups in total. The molecular formula is C17H27N3O2. The zero-order valence-corrected chi connectivity index (χ0v) is 13.5. The third kappa shape index (κ3) is 3.51. The lowest BCUT2D eigenvalue weighted by Crippen LogP contribution is -2.35. The molecule has 0 radical (unpaired) electrons. The minimum absolute atomic E-state index is 0.130. The van der Waals surface area contributed by atoms with Crippen LogP contribution in [0.2, 0.25) is 0 Å². The summed E-state index contributed by atoms with van der Waals surface area (Å²) in [5.41, 5.74) is 1.25. The van der Waals surface area contributed by atoms with Gasteiger partial charge in [-0.2, -0.15) is 0 Å². The topological polar surface area (TPSA) is 56.1 Å². The van der Waals surface area contributed by atoms with E-state index in [1.807, 2.05) is 6.20 Å². The van der Waals surface area contributed by atoms with Crippen molar-refractivity contribution < 1.29 is 9.53 Å². The van der Waals surface area contributed by atoms with Crippen molar-refractivity contribution >= 4 is 5.91 Å². The van der Waals surface area contributed by atoms with Crippen LogP contribution in [-0.2, 0) is 16.0 Å². The van der Waals surface area contributed by atoms with Gasteiger partial charge in [-0.1, -0.05) is 12.8 Å². The molecule has 2 fully saturated rings. The first-order chi connectivity index (χ1) is 10.8. The Kier molecular flexibility index (Phi) is 5.13. The molecule has 0 unspecified atom stereocenters. The number of aryl methyl sites for hydroxylation is 1. The first kappa shape index (κ1) is 15.5. The van der Waals surface area contributed by atoms with E-state index in [0.29, 0.717) is 25.8 Å². The van der Waals surface area contributed by atoms with Gasteiger partial charge in [-0.3, -0.25) is 4.79 Å². The van der Waals surface area contributed by atoms with Gasteiger partial charge >= 0.3 is 0 Å². The van der Waals surface area contributed by atoms with Crippen LogP contribution in [0.5, 0.6) is 0 Å². The third-order valence-electron chi connectivity index (χ3n) is 4.99. The van der Waals surface area contributed by atoms with Crippen molar-refractivity contribution in [2.24, 2.45) is 5.92 Å². The molecule has 122 valence electrons. The number of ether oxygens (including phenoxy) is 1. The largest absolute Gasteiger partial charge is 0.381 e. The van der Waals surface area contributed by atoms with E-state index in [1.165, 1.54) is 31.4 Å². The third-order valence-corrected chi connectivity index (χ3v) is 4.99. The number of hydrogen-bond acceptors (Lipinski definition) is 3. The molecule has 0 atom stereocenters. The van der Waals surface area contributed by atoms with Crippen molar-refractivity contribution in [2.75, 3.05) is 19.8 Å². The van der Waals surface area contributed by atoms with Gasteiger partial charge in [-0.25, -0.2) is 4.98 Å². The van der Waals surface area contributed by atoms with Gasteiger partial charge in [0.25, 0.3) is 0 Å². The van der Waals surface area contributed by atoms with Crippen LogP contribution in [0.15, 0.2) is 6.20 Å². The van der Waals surface area contributed by atoms with Crippen LogP contribution in [-0.4, -0.2) is 35.2 Å². The normalized spacial score (nSPS) is 20.4. The Hall–Kier alpha value is -1.36. The summed E-state index contributed by atoms with van der Waals surface area (Å²) >= 11 is 0. The molecule has 5 nitrogen and oxygen atoms in total. The minimum Gasteiger partial charge on any atom is -0.381 e. The summed E-state index contributed by atoms with van der Waals surface area (Å²) in [6, 6.07) is 0.615. The molecule has 2 heterocycles. The maximum atomic E-state index is 12.1. The molecule has 5 heteroatoms. The summed E-state index contributed by atoms with van der Waals surface area (Å²) in [7, 11) is 0. The van der Waals surface area contributed by atoms with E-state index in [-0.39, 0.29) is 11.8 Å². The van der Waals surface area contributed by atoms with E-state index in [4.69, 9.17) is 4.74 Å². The molecule has 1 aromatic heterocycles. The zero-order valence-electron chi connectivity index (χ0n) is 13.5. The van der Waals surface area contributed by atoms with Gasteiger partial charge in [0.15, 0.2) is 0 Å². The molecule has 1 aliphatic carbocycles. The lowest BCUT2D eigenvalue weighted by atomic mass is 9.99. The fourth-order valence-corrected chi connectivity index (χ4v) is 3.74. The fourth-order valence-electron chi connectivity index (χ4n) is 3.74. The quantitative estimate of drug-likeness (QED) is 0.909. The Morgan fingerprint density at radius 3 is 2.77 bits per heavy atom. The second-order valence-electron chi connectivity index (χ2n) is 6.55. The Labute approximate surface area is 132 Å². The molecular weight excluding hydrogens is 278 g/mol. The number of carbonyl (C=O) groups excluding carboxylic acids is 1. The van der Waals surface area contributed by atoms with Gasteiger partial charge in [0.05, 0.1) is 0 Å². The van der Waals surface area contributed by atoms with Gasteiger partial charge in [-0.15, -0.1) is 0 Å². The van der Waals surface area contributed by atoms with Gasteiger partial charge in [0.1, 0.15) is 5.82 Å². The summed E-state index contributed by atoms with van der Waals surface area (Å²) in [6.07, 6.45) is 9.65. The average molecular weight is 305 g/mol. The molecule has 0 aromatic carbocycles. The first-order valence-electron chi connectivity index (χ1n) is 8.64. The van der Waals surface area contributed by atoms with E-state index in [2.05, 4.69) is 21.8 Å². The van der Waals surface area contributed by atoms with Crippen LogP contribution < -0.4 is 5.32 Å². The minimum atomic E-state index is 0.130. The predicted molar refractivity (Wildman–Crippen MR) is 84.7 cm³/mol. The Balaban J connectivity index is 1.52. The lowest BCUT2D eigenvalue weighted by Gasteiger charge is -2.21. The predicted octanol–water partition coefficient (Wildman–Crippen LogP) is 2.39. The number of nitrogens with zero attached hydrogens (tertiary/aromatic N) is 2. The highest BCUT2D eigenvalue weighted by atomic mass is 16.5. The number of hydrogen-bond donors (Lipinski definition) is 1. The highest BCUT2D eigenvalue weighted by Crippen LogP contribution is 2.31. The standard InChI is InChI=1S/C17H27N3O2/c1-13-12-19-16(20(13)15-4-2-3-5-15)6-9-18-17(21)14-7-10-22-11-8-14/h12,14-15H,2-11H2,1H3,(H,18,21). The van der Waals surface area contributed by atoms with E-state index in [9.17, 15) is 4.79 Å². The van der Waals surface area contributed by atoms with Crippen molar-refractivity contribution in [2.45, 2.75) is 57.9 Å². The number of rotatable bonds is 5. The van der Waals surface area contributed by atoms with E-state index in [1.54, 1.807) is 0 Å². The summed E-state index contributed by atoms with van der Waals surface area (Å²) in [5.74, 6) is 1.43. The number of nitrogens with one attached hydrogen (secondary N) is 1. The molecule has 1 saturated heterocycles. The van der Waals surface area contributed by atoms with Crippen LogP contribution in [0, 0.1) is 12.8 Å².